The lowest BCUT2D eigenvalue weighted by atomic mass is 10.0. The van der Waals surface area contributed by atoms with Crippen molar-refractivity contribution in [2.45, 2.75) is 51.2 Å². The zero-order valence-corrected chi connectivity index (χ0v) is 16.0. The van der Waals surface area contributed by atoms with Gasteiger partial charge in [-0.3, -0.25) is 24.0 Å². The van der Waals surface area contributed by atoms with Crippen molar-refractivity contribution in [3.63, 3.8) is 0 Å². The molecule has 0 aliphatic rings. The molecule has 0 aromatic rings. The van der Waals surface area contributed by atoms with E-state index >= 15 is 0 Å². The average Bonchev–Trinajstić information content (AvgIpc) is 2.59. The Bertz CT molecular complexity index is 650. The highest BCUT2D eigenvalue weighted by Crippen LogP contribution is 2.03. The molecule has 0 rings (SSSR count). The van der Waals surface area contributed by atoms with E-state index in [0.29, 0.717) is 0 Å². The van der Waals surface area contributed by atoms with E-state index in [0.717, 1.165) is 0 Å². The van der Waals surface area contributed by atoms with Gasteiger partial charge >= 0.3 is 17.9 Å². The smallest absolute Gasteiger partial charge is 0.326 e. The van der Waals surface area contributed by atoms with Crippen LogP contribution in [0.25, 0.3) is 0 Å². The molecule has 13 heteroatoms. The van der Waals surface area contributed by atoms with Crippen LogP contribution in [0.5, 0.6) is 0 Å². The Morgan fingerprint density at radius 2 is 1.48 bits per heavy atom. The van der Waals surface area contributed by atoms with E-state index in [1.807, 2.05) is 0 Å². The highest BCUT2D eigenvalue weighted by atomic mass is 16.4. The zero-order chi connectivity index (χ0) is 22.7. The molecule has 3 atom stereocenters. The Kier molecular flexibility index (Phi) is 10.9. The van der Waals surface area contributed by atoms with Gasteiger partial charge in [-0.2, -0.15) is 0 Å². The number of nitrogens with one attached hydrogen (secondary N) is 3. The van der Waals surface area contributed by atoms with Crippen molar-refractivity contribution in [1.29, 1.82) is 0 Å². The Labute approximate surface area is 166 Å². The summed E-state index contributed by atoms with van der Waals surface area (Å²) < 4.78 is 0. The standard InChI is InChI=1S/C16H26N4O9/c1-7(2)13(20-14(26)8(17)5-12(24)25)15(27)18-6-10(21)19-9(16(28)29)3-4-11(22)23/h7-9,13H,3-6,17H2,1-2H3,(H,18,27)(H,19,21)(H,20,26)(H,22,23)(H,24,25)(H,28,29). The maximum atomic E-state index is 12.2. The van der Waals surface area contributed by atoms with Gasteiger partial charge in [0.25, 0.3) is 0 Å². The molecule has 0 radical (unpaired) electrons. The molecule has 3 amide bonds. The molecular weight excluding hydrogens is 392 g/mol. The highest BCUT2D eigenvalue weighted by molar-refractivity contribution is 5.93. The van der Waals surface area contributed by atoms with Crippen LogP contribution in [0.4, 0.5) is 0 Å². The first kappa shape index (κ1) is 25.8. The number of hydrogen-bond donors (Lipinski definition) is 7. The number of amides is 3. The van der Waals surface area contributed by atoms with E-state index in [4.69, 9.17) is 21.1 Å². The van der Waals surface area contributed by atoms with Crippen LogP contribution in [0.3, 0.4) is 0 Å². The molecule has 29 heavy (non-hydrogen) atoms. The first-order valence-corrected chi connectivity index (χ1v) is 8.64. The molecule has 3 unspecified atom stereocenters. The minimum atomic E-state index is -1.44. The SMILES string of the molecule is CC(C)C(NC(=O)C(N)CC(=O)O)C(=O)NCC(=O)NC(CCC(=O)O)C(=O)O. The summed E-state index contributed by atoms with van der Waals surface area (Å²) in [6.07, 6.45) is -1.44. The van der Waals surface area contributed by atoms with E-state index in [9.17, 15) is 28.8 Å². The van der Waals surface area contributed by atoms with Crippen molar-refractivity contribution < 1.29 is 44.1 Å². The van der Waals surface area contributed by atoms with E-state index in [2.05, 4.69) is 16.0 Å². The van der Waals surface area contributed by atoms with Crippen molar-refractivity contribution in [2.75, 3.05) is 6.54 Å². The number of aliphatic carboxylic acids is 3. The summed E-state index contributed by atoms with van der Waals surface area (Å²) in [6.45, 7) is 2.58. The monoisotopic (exact) mass is 418 g/mol. The molecule has 0 heterocycles. The van der Waals surface area contributed by atoms with Gasteiger partial charge in [0.1, 0.15) is 12.1 Å². The number of hydrogen-bond acceptors (Lipinski definition) is 7. The van der Waals surface area contributed by atoms with Crippen LogP contribution in [-0.4, -0.2) is 75.6 Å². The molecule has 0 aromatic heterocycles. The van der Waals surface area contributed by atoms with E-state index in [1.165, 1.54) is 0 Å². The van der Waals surface area contributed by atoms with Crippen molar-refractivity contribution >= 4 is 35.6 Å². The van der Waals surface area contributed by atoms with Gasteiger partial charge in [0, 0.05) is 6.42 Å². The van der Waals surface area contributed by atoms with E-state index in [-0.39, 0.29) is 6.42 Å². The lowest BCUT2D eigenvalue weighted by Gasteiger charge is -2.23. The summed E-state index contributed by atoms with van der Waals surface area (Å²) in [5, 5.41) is 32.9. The Morgan fingerprint density at radius 1 is 0.897 bits per heavy atom. The third-order valence-corrected chi connectivity index (χ3v) is 3.68. The molecule has 0 saturated heterocycles. The van der Waals surface area contributed by atoms with Gasteiger partial charge in [-0.1, -0.05) is 13.8 Å². The second-order valence-electron chi connectivity index (χ2n) is 6.54. The number of rotatable bonds is 13. The summed E-state index contributed by atoms with van der Waals surface area (Å²) in [7, 11) is 0. The fourth-order valence-electron chi connectivity index (χ4n) is 2.12. The fraction of sp³-hybridized carbons (Fsp3) is 0.625. The van der Waals surface area contributed by atoms with Crippen molar-refractivity contribution in [3.05, 3.63) is 0 Å². The molecule has 0 saturated carbocycles. The van der Waals surface area contributed by atoms with Crippen molar-refractivity contribution in [2.24, 2.45) is 11.7 Å². The van der Waals surface area contributed by atoms with Gasteiger partial charge in [0.2, 0.25) is 17.7 Å². The number of nitrogens with two attached hydrogens (primary N) is 1. The summed E-state index contributed by atoms with van der Waals surface area (Å²) >= 11 is 0. The molecule has 0 bridgehead atoms. The quantitative estimate of drug-likeness (QED) is 0.166. The Balaban J connectivity index is 4.76. The predicted octanol–water partition coefficient (Wildman–Crippen LogP) is -2.52. The number of carboxylic acids is 3. The Hall–Kier alpha value is -3.22. The van der Waals surface area contributed by atoms with Crippen LogP contribution in [0, 0.1) is 5.92 Å². The molecule has 13 nitrogen and oxygen atoms in total. The number of carboxylic acid groups (broad SMARTS) is 3. The summed E-state index contributed by atoms with van der Waals surface area (Å²) in [6, 6.07) is -3.92. The average molecular weight is 418 g/mol. The minimum absolute atomic E-state index is 0.337. The predicted molar refractivity (Wildman–Crippen MR) is 96.4 cm³/mol. The summed E-state index contributed by atoms with van der Waals surface area (Å²) in [5.74, 6) is -6.85. The van der Waals surface area contributed by atoms with Crippen LogP contribution in [0.2, 0.25) is 0 Å². The zero-order valence-electron chi connectivity index (χ0n) is 16.0. The maximum absolute atomic E-state index is 12.2. The lowest BCUT2D eigenvalue weighted by Crippen LogP contribution is -2.55. The first-order valence-electron chi connectivity index (χ1n) is 8.64. The van der Waals surface area contributed by atoms with Gasteiger partial charge in [0.15, 0.2) is 0 Å². The van der Waals surface area contributed by atoms with Crippen molar-refractivity contribution in [3.8, 4) is 0 Å². The van der Waals surface area contributed by atoms with Crippen LogP contribution in [-0.2, 0) is 28.8 Å². The second kappa shape index (κ2) is 12.3. The third kappa shape index (κ3) is 10.6. The third-order valence-electron chi connectivity index (χ3n) is 3.68. The highest BCUT2D eigenvalue weighted by Gasteiger charge is 2.28. The molecule has 8 N–H and O–H groups in total. The van der Waals surface area contributed by atoms with Crippen LogP contribution < -0.4 is 21.7 Å². The van der Waals surface area contributed by atoms with Crippen LogP contribution >= 0.6 is 0 Å². The van der Waals surface area contributed by atoms with Gasteiger partial charge < -0.3 is 37.0 Å². The van der Waals surface area contributed by atoms with E-state index in [1.54, 1.807) is 13.8 Å². The molecule has 0 aliphatic heterocycles. The fourth-order valence-corrected chi connectivity index (χ4v) is 2.12. The minimum Gasteiger partial charge on any atom is -0.481 e. The summed E-state index contributed by atoms with van der Waals surface area (Å²) in [4.78, 5) is 68.2. The number of carbonyl (C=O) groups is 6. The van der Waals surface area contributed by atoms with E-state index < -0.39 is 79.1 Å². The van der Waals surface area contributed by atoms with Crippen LogP contribution in [0.15, 0.2) is 0 Å². The summed E-state index contributed by atoms with van der Waals surface area (Å²) in [5.41, 5.74) is 5.44. The van der Waals surface area contributed by atoms with Gasteiger partial charge in [-0.05, 0) is 12.3 Å². The molecule has 0 spiro atoms. The topological polar surface area (TPSA) is 225 Å². The van der Waals surface area contributed by atoms with Crippen LogP contribution in [0.1, 0.15) is 33.1 Å². The first-order chi connectivity index (χ1) is 13.3. The molecule has 0 aliphatic carbocycles. The second-order valence-corrected chi connectivity index (χ2v) is 6.54. The molecular formula is C16H26N4O9. The molecule has 164 valence electrons. The normalized spacial score (nSPS) is 13.7. The lowest BCUT2D eigenvalue weighted by molar-refractivity contribution is -0.143. The van der Waals surface area contributed by atoms with Gasteiger partial charge in [-0.15, -0.1) is 0 Å². The van der Waals surface area contributed by atoms with Gasteiger partial charge in [-0.25, -0.2) is 4.79 Å². The molecule has 0 aromatic carbocycles. The van der Waals surface area contributed by atoms with Gasteiger partial charge in [0.05, 0.1) is 19.0 Å². The largest absolute Gasteiger partial charge is 0.481 e. The molecule has 0 fully saturated rings. The Morgan fingerprint density at radius 3 is 1.93 bits per heavy atom. The maximum Gasteiger partial charge on any atom is 0.326 e. The number of carbonyl (C=O) groups excluding carboxylic acids is 3. The van der Waals surface area contributed by atoms with Crippen molar-refractivity contribution in [1.82, 2.24) is 16.0 Å².